The van der Waals surface area contributed by atoms with Crippen LogP contribution in [0.4, 0.5) is 10.7 Å². The maximum Gasteiger partial charge on any atom is 0.341 e. The van der Waals surface area contributed by atoms with E-state index in [9.17, 15) is 19.2 Å². The lowest BCUT2D eigenvalue weighted by atomic mass is 10.0. The van der Waals surface area contributed by atoms with E-state index in [1.54, 1.807) is 80.6 Å². The Hall–Kier alpha value is -5.65. The molecule has 5 aromatic rings. The predicted octanol–water partition coefficient (Wildman–Crippen LogP) is 8.83. The van der Waals surface area contributed by atoms with Crippen LogP contribution in [-0.2, 0) is 14.3 Å². The lowest BCUT2D eigenvalue weighted by Gasteiger charge is -2.15. The summed E-state index contributed by atoms with van der Waals surface area (Å²) in [5.41, 5.74) is 4.45. The molecule has 266 valence electrons. The standard InChI is InChI=1S/C41H39N3O6S2/c1-5-49-35-18-11-10-15-30(35)23-34(43-38(46)29-13-8-7-9-14-29)39(47)42-31-16-12-17-32(24-31)52-27(4)37(45)44-40-36(41(48)50-6-2)33(25-51-40)28-21-19-26(3)20-22-28/h7-25,27H,5-6H2,1-4H3,(H,42,47)(H,43,46)(H,44,45)/b34-23+. The number of hydrogen-bond acceptors (Lipinski definition) is 8. The molecular weight excluding hydrogens is 695 g/mol. The molecule has 1 aromatic heterocycles. The van der Waals surface area contributed by atoms with Gasteiger partial charge in [0.05, 0.1) is 18.5 Å². The van der Waals surface area contributed by atoms with Gasteiger partial charge in [-0.15, -0.1) is 23.1 Å². The van der Waals surface area contributed by atoms with Crippen molar-refractivity contribution in [3.05, 3.63) is 136 Å². The van der Waals surface area contributed by atoms with Crippen LogP contribution in [0.25, 0.3) is 17.2 Å². The second-order valence-corrected chi connectivity index (χ2v) is 13.8. The largest absolute Gasteiger partial charge is 0.493 e. The van der Waals surface area contributed by atoms with Crippen LogP contribution in [0.2, 0.25) is 0 Å². The lowest BCUT2D eigenvalue weighted by Crippen LogP contribution is -2.30. The molecule has 0 saturated heterocycles. The van der Waals surface area contributed by atoms with Crippen molar-refractivity contribution in [3.63, 3.8) is 0 Å². The Morgan fingerprint density at radius 1 is 0.846 bits per heavy atom. The molecule has 1 atom stereocenters. The first-order chi connectivity index (χ1) is 25.2. The Labute approximate surface area is 311 Å². The fourth-order valence-corrected chi connectivity index (χ4v) is 6.99. The number of thioether (sulfide) groups is 1. The smallest absolute Gasteiger partial charge is 0.341 e. The Morgan fingerprint density at radius 3 is 2.31 bits per heavy atom. The number of hydrogen-bond donors (Lipinski definition) is 3. The number of para-hydroxylation sites is 1. The molecule has 1 heterocycles. The molecule has 4 aromatic carbocycles. The first kappa shape index (κ1) is 37.6. The van der Waals surface area contributed by atoms with Gasteiger partial charge in [0.2, 0.25) is 5.91 Å². The number of benzene rings is 4. The number of carbonyl (C=O) groups excluding carboxylic acids is 4. The van der Waals surface area contributed by atoms with Crippen LogP contribution in [0.3, 0.4) is 0 Å². The van der Waals surface area contributed by atoms with Gasteiger partial charge in [0.1, 0.15) is 22.0 Å². The summed E-state index contributed by atoms with van der Waals surface area (Å²) in [5.74, 6) is -1.23. The molecule has 52 heavy (non-hydrogen) atoms. The molecule has 3 N–H and O–H groups in total. The summed E-state index contributed by atoms with van der Waals surface area (Å²) >= 11 is 2.56. The van der Waals surface area contributed by atoms with Crippen molar-refractivity contribution in [3.8, 4) is 16.9 Å². The Morgan fingerprint density at radius 2 is 1.58 bits per heavy atom. The number of carbonyl (C=O) groups is 4. The number of esters is 1. The van der Waals surface area contributed by atoms with Gasteiger partial charge in [0, 0.05) is 32.7 Å². The highest BCUT2D eigenvalue weighted by molar-refractivity contribution is 8.00. The van der Waals surface area contributed by atoms with Gasteiger partial charge < -0.3 is 25.4 Å². The van der Waals surface area contributed by atoms with Crippen LogP contribution in [-0.4, -0.2) is 42.2 Å². The van der Waals surface area contributed by atoms with Crippen LogP contribution in [0, 0.1) is 6.92 Å². The van der Waals surface area contributed by atoms with E-state index >= 15 is 0 Å². The highest BCUT2D eigenvalue weighted by Gasteiger charge is 2.25. The monoisotopic (exact) mass is 733 g/mol. The van der Waals surface area contributed by atoms with E-state index in [-0.39, 0.29) is 18.2 Å². The van der Waals surface area contributed by atoms with Gasteiger partial charge in [-0.3, -0.25) is 14.4 Å². The van der Waals surface area contributed by atoms with Crippen molar-refractivity contribution in [1.29, 1.82) is 0 Å². The fourth-order valence-electron chi connectivity index (χ4n) is 5.10. The zero-order chi connectivity index (χ0) is 37.0. The third-order valence-corrected chi connectivity index (χ3v) is 9.68. The summed E-state index contributed by atoms with van der Waals surface area (Å²) in [6.45, 7) is 7.99. The molecule has 0 fully saturated rings. The van der Waals surface area contributed by atoms with Crippen molar-refractivity contribution in [2.45, 2.75) is 37.8 Å². The van der Waals surface area contributed by atoms with Crippen molar-refractivity contribution in [2.24, 2.45) is 0 Å². The van der Waals surface area contributed by atoms with E-state index in [0.29, 0.717) is 45.3 Å². The highest BCUT2D eigenvalue weighted by Crippen LogP contribution is 2.37. The molecule has 0 saturated carbocycles. The summed E-state index contributed by atoms with van der Waals surface area (Å²) in [6.07, 6.45) is 1.57. The molecular formula is C41H39N3O6S2. The summed E-state index contributed by atoms with van der Waals surface area (Å²) in [7, 11) is 0. The van der Waals surface area contributed by atoms with Gasteiger partial charge >= 0.3 is 5.97 Å². The molecule has 5 rings (SSSR count). The Bertz CT molecular complexity index is 2080. The second-order valence-electron chi connectivity index (χ2n) is 11.5. The van der Waals surface area contributed by atoms with E-state index in [4.69, 9.17) is 9.47 Å². The van der Waals surface area contributed by atoms with E-state index in [1.807, 2.05) is 61.7 Å². The van der Waals surface area contributed by atoms with Gasteiger partial charge in [0.25, 0.3) is 11.8 Å². The predicted molar refractivity (Wildman–Crippen MR) is 209 cm³/mol. The van der Waals surface area contributed by atoms with Gasteiger partial charge in [-0.1, -0.05) is 72.3 Å². The molecule has 0 radical (unpaired) electrons. The van der Waals surface area contributed by atoms with Crippen molar-refractivity contribution in [2.75, 3.05) is 23.8 Å². The van der Waals surface area contributed by atoms with E-state index in [2.05, 4.69) is 16.0 Å². The molecule has 1 unspecified atom stereocenters. The zero-order valence-electron chi connectivity index (χ0n) is 29.2. The summed E-state index contributed by atoms with van der Waals surface area (Å²) in [5, 5.41) is 10.3. The van der Waals surface area contributed by atoms with Crippen LogP contribution in [0.15, 0.2) is 119 Å². The normalized spacial score (nSPS) is 11.7. The van der Waals surface area contributed by atoms with Crippen molar-refractivity contribution in [1.82, 2.24) is 5.32 Å². The number of thiophene rings is 1. The Kier molecular flexibility index (Phi) is 13.0. The molecule has 0 aliphatic rings. The van der Waals surface area contributed by atoms with Crippen LogP contribution in [0.5, 0.6) is 5.75 Å². The summed E-state index contributed by atoms with van der Waals surface area (Å²) in [6, 6.07) is 30.7. The molecule has 3 amide bonds. The number of ether oxygens (including phenoxy) is 2. The molecule has 0 aliphatic heterocycles. The fraction of sp³-hybridized carbons (Fsp3) is 0.171. The first-order valence-electron chi connectivity index (χ1n) is 16.7. The van der Waals surface area contributed by atoms with Gasteiger partial charge in [-0.2, -0.15) is 0 Å². The van der Waals surface area contributed by atoms with Crippen molar-refractivity contribution >= 4 is 63.6 Å². The number of anilines is 2. The third-order valence-electron chi connectivity index (χ3n) is 7.69. The van der Waals surface area contributed by atoms with E-state index in [0.717, 1.165) is 16.0 Å². The van der Waals surface area contributed by atoms with E-state index in [1.165, 1.54) is 23.1 Å². The molecule has 11 heteroatoms. The second kappa shape index (κ2) is 18.0. The van der Waals surface area contributed by atoms with Gasteiger partial charge in [-0.05, 0) is 75.7 Å². The maximum atomic E-state index is 13.7. The quantitative estimate of drug-likeness (QED) is 0.0592. The lowest BCUT2D eigenvalue weighted by molar-refractivity contribution is -0.115. The van der Waals surface area contributed by atoms with Crippen molar-refractivity contribution < 1.29 is 28.7 Å². The Balaban J connectivity index is 1.32. The molecule has 0 aliphatic carbocycles. The SMILES string of the molecule is CCOC(=O)c1c(-c2ccc(C)cc2)csc1NC(=O)C(C)Sc1cccc(NC(=O)/C(=C\c2ccccc2OCC)NC(=O)c2ccccc2)c1. The molecule has 0 bridgehead atoms. The highest BCUT2D eigenvalue weighted by atomic mass is 32.2. The number of aryl methyl sites for hydroxylation is 1. The topological polar surface area (TPSA) is 123 Å². The van der Waals surface area contributed by atoms with Gasteiger partial charge in [0.15, 0.2) is 0 Å². The zero-order valence-corrected chi connectivity index (χ0v) is 30.9. The third kappa shape index (κ3) is 9.77. The summed E-state index contributed by atoms with van der Waals surface area (Å²) in [4.78, 5) is 54.1. The molecule has 0 spiro atoms. The maximum absolute atomic E-state index is 13.7. The minimum Gasteiger partial charge on any atom is -0.493 e. The van der Waals surface area contributed by atoms with E-state index < -0.39 is 23.0 Å². The van der Waals surface area contributed by atoms with Gasteiger partial charge in [-0.25, -0.2) is 4.79 Å². The van der Waals surface area contributed by atoms with Crippen LogP contribution >= 0.6 is 23.1 Å². The average molecular weight is 734 g/mol. The minimum atomic E-state index is -0.568. The minimum absolute atomic E-state index is 0.0187. The molecule has 9 nitrogen and oxygen atoms in total. The number of rotatable bonds is 14. The van der Waals surface area contributed by atoms with Crippen LogP contribution < -0.4 is 20.7 Å². The first-order valence-corrected chi connectivity index (χ1v) is 18.5. The number of nitrogens with one attached hydrogen (secondary N) is 3. The average Bonchev–Trinajstić information content (AvgIpc) is 3.56. The number of amides is 3. The van der Waals surface area contributed by atoms with Crippen LogP contribution in [0.1, 0.15) is 52.6 Å². The summed E-state index contributed by atoms with van der Waals surface area (Å²) < 4.78 is 11.1.